The maximum Gasteiger partial charge on any atom is 0.153 e. The largest absolute Gasteiger partial charge is 0.389 e. The van der Waals surface area contributed by atoms with Crippen LogP contribution in [-0.2, 0) is 0 Å². The van der Waals surface area contributed by atoms with Crippen LogP contribution in [0.15, 0.2) is 30.7 Å². The molecule has 0 saturated heterocycles. The van der Waals surface area contributed by atoms with E-state index in [-0.39, 0.29) is 0 Å². The molecule has 0 spiro atoms. The molecular formula is C10H10ClN3O. The molecule has 0 aliphatic rings. The van der Waals surface area contributed by atoms with Crippen LogP contribution < -0.4 is 0 Å². The monoisotopic (exact) mass is 223 g/mol. The second-order valence-corrected chi connectivity index (χ2v) is 3.67. The molecule has 0 aliphatic carbocycles. The van der Waals surface area contributed by atoms with Crippen molar-refractivity contribution in [2.75, 3.05) is 0 Å². The van der Waals surface area contributed by atoms with Gasteiger partial charge in [-0.1, -0.05) is 17.7 Å². The van der Waals surface area contributed by atoms with Crippen LogP contribution in [0.25, 0.3) is 5.82 Å². The van der Waals surface area contributed by atoms with E-state index in [0.29, 0.717) is 10.8 Å². The first-order valence-electron chi connectivity index (χ1n) is 4.51. The molecule has 0 fully saturated rings. The minimum Gasteiger partial charge on any atom is -0.389 e. The van der Waals surface area contributed by atoms with Crippen LogP contribution in [0.5, 0.6) is 0 Å². The highest BCUT2D eigenvalue weighted by molar-refractivity contribution is 6.30. The van der Waals surface area contributed by atoms with Gasteiger partial charge < -0.3 is 5.11 Å². The molecule has 2 rings (SSSR count). The molecule has 1 N–H and O–H groups in total. The summed E-state index contributed by atoms with van der Waals surface area (Å²) in [5, 5.41) is 13.9. The molecule has 0 unspecified atom stereocenters. The van der Waals surface area contributed by atoms with Crippen molar-refractivity contribution in [3.05, 3.63) is 41.3 Å². The Morgan fingerprint density at radius 1 is 1.40 bits per heavy atom. The van der Waals surface area contributed by atoms with Crippen LogP contribution in [0.3, 0.4) is 0 Å². The Kier molecular flexibility index (Phi) is 2.70. The van der Waals surface area contributed by atoms with Crippen molar-refractivity contribution in [3.8, 4) is 5.82 Å². The summed E-state index contributed by atoms with van der Waals surface area (Å²) < 4.78 is 1.58. The van der Waals surface area contributed by atoms with Gasteiger partial charge in [0.15, 0.2) is 5.82 Å². The van der Waals surface area contributed by atoms with Gasteiger partial charge in [0.25, 0.3) is 0 Å². The van der Waals surface area contributed by atoms with Crippen LogP contribution in [0, 0.1) is 0 Å². The summed E-state index contributed by atoms with van der Waals surface area (Å²) in [6.07, 6.45) is 4.33. The second kappa shape index (κ2) is 4.00. The van der Waals surface area contributed by atoms with Crippen molar-refractivity contribution in [1.29, 1.82) is 0 Å². The van der Waals surface area contributed by atoms with E-state index in [1.165, 1.54) is 0 Å². The highest BCUT2D eigenvalue weighted by Gasteiger charge is 2.03. The lowest BCUT2D eigenvalue weighted by molar-refractivity contribution is 0.199. The first-order valence-corrected chi connectivity index (χ1v) is 4.89. The van der Waals surface area contributed by atoms with Gasteiger partial charge in [0.1, 0.15) is 0 Å². The summed E-state index contributed by atoms with van der Waals surface area (Å²) in [5.41, 5.74) is 0.775. The average molecular weight is 224 g/mol. The number of aliphatic hydroxyl groups excluding tert-OH is 1. The van der Waals surface area contributed by atoms with E-state index < -0.39 is 6.10 Å². The molecule has 0 saturated carbocycles. The summed E-state index contributed by atoms with van der Waals surface area (Å²) in [6.45, 7) is 1.70. The lowest BCUT2D eigenvalue weighted by atomic mass is 10.2. The predicted octanol–water partition coefficient (Wildman–Crippen LogP) is 1.97. The van der Waals surface area contributed by atoms with E-state index in [9.17, 15) is 5.11 Å². The Hall–Kier alpha value is -1.39. The van der Waals surface area contributed by atoms with Gasteiger partial charge in [-0.2, -0.15) is 5.10 Å². The maximum atomic E-state index is 9.31. The third kappa shape index (κ3) is 2.16. The molecule has 15 heavy (non-hydrogen) atoms. The standard InChI is InChI=1S/C10H10ClN3O/c1-7(15)8-2-3-10(12-4-8)14-6-9(11)5-13-14/h2-7,15H,1H3/t7-/m1/s1. The summed E-state index contributed by atoms with van der Waals surface area (Å²) in [6, 6.07) is 3.59. The lowest BCUT2D eigenvalue weighted by Gasteiger charge is -2.04. The summed E-state index contributed by atoms with van der Waals surface area (Å²) in [7, 11) is 0. The van der Waals surface area contributed by atoms with Crippen LogP contribution in [-0.4, -0.2) is 19.9 Å². The van der Waals surface area contributed by atoms with E-state index >= 15 is 0 Å². The number of aromatic nitrogens is 3. The van der Waals surface area contributed by atoms with Gasteiger partial charge in [-0.25, -0.2) is 9.67 Å². The van der Waals surface area contributed by atoms with Crippen LogP contribution in [0.1, 0.15) is 18.6 Å². The molecule has 2 aromatic rings. The average Bonchev–Trinajstić information content (AvgIpc) is 2.65. The molecule has 0 aliphatic heterocycles. The maximum absolute atomic E-state index is 9.31. The summed E-state index contributed by atoms with van der Waals surface area (Å²) in [5.74, 6) is 0.673. The first kappa shape index (κ1) is 10.1. The Labute approximate surface area is 92.1 Å². The SMILES string of the molecule is C[C@@H](O)c1ccc(-n2cc(Cl)cn2)nc1. The van der Waals surface area contributed by atoms with Crippen molar-refractivity contribution in [2.24, 2.45) is 0 Å². The predicted molar refractivity (Wildman–Crippen MR) is 57.0 cm³/mol. The Morgan fingerprint density at radius 2 is 2.20 bits per heavy atom. The van der Waals surface area contributed by atoms with E-state index in [4.69, 9.17) is 11.6 Å². The zero-order valence-electron chi connectivity index (χ0n) is 8.13. The molecular weight excluding hydrogens is 214 g/mol. The molecule has 4 nitrogen and oxygen atoms in total. The van der Waals surface area contributed by atoms with Gasteiger partial charge in [0, 0.05) is 6.20 Å². The number of hydrogen-bond acceptors (Lipinski definition) is 3. The van der Waals surface area contributed by atoms with Crippen molar-refractivity contribution < 1.29 is 5.11 Å². The van der Waals surface area contributed by atoms with Crippen LogP contribution in [0.2, 0.25) is 5.02 Å². The third-order valence-corrected chi connectivity index (χ3v) is 2.23. The number of aliphatic hydroxyl groups is 1. The minimum atomic E-state index is -0.507. The van der Waals surface area contributed by atoms with Crippen molar-refractivity contribution in [2.45, 2.75) is 13.0 Å². The second-order valence-electron chi connectivity index (χ2n) is 3.23. The van der Waals surface area contributed by atoms with Gasteiger partial charge in [-0.3, -0.25) is 0 Å². The highest BCUT2D eigenvalue weighted by Crippen LogP contribution is 2.13. The van der Waals surface area contributed by atoms with Crippen LogP contribution in [0.4, 0.5) is 0 Å². The first-order chi connectivity index (χ1) is 7.16. The Morgan fingerprint density at radius 3 is 2.67 bits per heavy atom. The fourth-order valence-electron chi connectivity index (χ4n) is 1.21. The van der Waals surface area contributed by atoms with Gasteiger partial charge in [0.2, 0.25) is 0 Å². The molecule has 0 radical (unpaired) electrons. The van der Waals surface area contributed by atoms with Crippen molar-refractivity contribution in [3.63, 3.8) is 0 Å². The zero-order chi connectivity index (χ0) is 10.8. The quantitative estimate of drug-likeness (QED) is 0.847. The molecule has 2 heterocycles. The topological polar surface area (TPSA) is 50.9 Å². The van der Waals surface area contributed by atoms with E-state index in [1.54, 1.807) is 36.3 Å². The summed E-state index contributed by atoms with van der Waals surface area (Å²) in [4.78, 5) is 4.17. The molecule has 0 aromatic carbocycles. The highest BCUT2D eigenvalue weighted by atomic mass is 35.5. The lowest BCUT2D eigenvalue weighted by Crippen LogP contribution is -1.99. The molecule has 0 amide bonds. The fraction of sp³-hybridized carbons (Fsp3) is 0.200. The number of halogens is 1. The normalized spacial score (nSPS) is 12.7. The van der Waals surface area contributed by atoms with Gasteiger partial charge in [0.05, 0.1) is 23.5 Å². The Balaban J connectivity index is 2.31. The molecule has 1 atom stereocenters. The number of pyridine rings is 1. The zero-order valence-corrected chi connectivity index (χ0v) is 8.89. The fourth-order valence-corrected chi connectivity index (χ4v) is 1.34. The number of hydrogen-bond donors (Lipinski definition) is 1. The van der Waals surface area contributed by atoms with Gasteiger partial charge in [-0.05, 0) is 18.6 Å². The molecule has 78 valence electrons. The van der Waals surface area contributed by atoms with E-state index in [2.05, 4.69) is 10.1 Å². The van der Waals surface area contributed by atoms with E-state index in [0.717, 1.165) is 5.56 Å². The van der Waals surface area contributed by atoms with Gasteiger partial charge >= 0.3 is 0 Å². The van der Waals surface area contributed by atoms with Gasteiger partial charge in [-0.15, -0.1) is 0 Å². The molecule has 5 heteroatoms. The van der Waals surface area contributed by atoms with Crippen molar-refractivity contribution in [1.82, 2.24) is 14.8 Å². The smallest absolute Gasteiger partial charge is 0.153 e. The van der Waals surface area contributed by atoms with Crippen LogP contribution >= 0.6 is 11.6 Å². The number of rotatable bonds is 2. The van der Waals surface area contributed by atoms with Crippen molar-refractivity contribution >= 4 is 11.6 Å². The van der Waals surface area contributed by atoms with E-state index in [1.807, 2.05) is 6.07 Å². The minimum absolute atomic E-state index is 0.507. The Bertz CT molecular complexity index is 450. The summed E-state index contributed by atoms with van der Waals surface area (Å²) >= 11 is 5.74. The third-order valence-electron chi connectivity index (χ3n) is 2.04. The molecule has 0 bridgehead atoms. The number of nitrogens with zero attached hydrogens (tertiary/aromatic N) is 3. The molecule has 2 aromatic heterocycles.